The quantitative estimate of drug-likeness (QED) is 0.916. The standard InChI is InChI=1S/C8H10Br2N2OS/c1-12(3-2-11)8(13)6-4-5(9)7(10)14-6/h4H,2-3,11H2,1H3. The first-order valence-electron chi connectivity index (χ1n) is 3.96. The molecule has 2 N–H and O–H groups in total. The maximum atomic E-state index is 11.7. The van der Waals surface area contributed by atoms with E-state index in [1.165, 1.54) is 11.3 Å². The lowest BCUT2D eigenvalue weighted by atomic mass is 10.4. The second kappa shape index (κ2) is 5.25. The van der Waals surface area contributed by atoms with Crippen molar-refractivity contribution in [3.8, 4) is 0 Å². The van der Waals surface area contributed by atoms with Crippen molar-refractivity contribution in [1.29, 1.82) is 0 Å². The third kappa shape index (κ3) is 2.79. The third-order valence-electron chi connectivity index (χ3n) is 1.67. The van der Waals surface area contributed by atoms with E-state index in [2.05, 4.69) is 31.9 Å². The molecule has 6 heteroatoms. The summed E-state index contributed by atoms with van der Waals surface area (Å²) in [6.07, 6.45) is 0. The molecule has 78 valence electrons. The van der Waals surface area contributed by atoms with Gasteiger partial charge in [-0.2, -0.15) is 0 Å². The maximum absolute atomic E-state index is 11.7. The summed E-state index contributed by atoms with van der Waals surface area (Å²) in [5.74, 6) is 0.00634. The van der Waals surface area contributed by atoms with Crippen molar-refractivity contribution in [2.75, 3.05) is 20.1 Å². The molecule has 0 unspecified atom stereocenters. The van der Waals surface area contributed by atoms with Gasteiger partial charge in [-0.1, -0.05) is 0 Å². The minimum absolute atomic E-state index is 0.00634. The van der Waals surface area contributed by atoms with Gasteiger partial charge in [0.25, 0.3) is 5.91 Å². The van der Waals surface area contributed by atoms with E-state index >= 15 is 0 Å². The molecule has 1 heterocycles. The fraction of sp³-hybridized carbons (Fsp3) is 0.375. The normalized spacial score (nSPS) is 10.3. The third-order valence-corrected chi connectivity index (χ3v) is 4.91. The monoisotopic (exact) mass is 340 g/mol. The van der Waals surface area contributed by atoms with E-state index in [1.807, 2.05) is 6.07 Å². The van der Waals surface area contributed by atoms with Gasteiger partial charge in [-0.15, -0.1) is 11.3 Å². The highest BCUT2D eigenvalue weighted by molar-refractivity contribution is 9.13. The first kappa shape index (κ1) is 12.2. The number of nitrogens with zero attached hydrogens (tertiary/aromatic N) is 1. The number of halogens is 2. The van der Waals surface area contributed by atoms with Crippen molar-refractivity contribution in [3.05, 3.63) is 19.2 Å². The second-order valence-electron chi connectivity index (χ2n) is 2.75. The van der Waals surface area contributed by atoms with E-state index in [4.69, 9.17) is 5.73 Å². The molecule has 1 amide bonds. The van der Waals surface area contributed by atoms with Crippen LogP contribution in [0, 0.1) is 0 Å². The number of amides is 1. The molecule has 0 saturated carbocycles. The largest absolute Gasteiger partial charge is 0.340 e. The van der Waals surface area contributed by atoms with Crippen LogP contribution in [0.3, 0.4) is 0 Å². The Bertz CT molecular complexity index is 321. The zero-order valence-corrected chi connectivity index (χ0v) is 11.6. The van der Waals surface area contributed by atoms with Crippen LogP contribution in [-0.4, -0.2) is 30.9 Å². The molecule has 0 aliphatic carbocycles. The molecule has 0 spiro atoms. The van der Waals surface area contributed by atoms with Gasteiger partial charge in [-0.05, 0) is 37.9 Å². The number of hydrogen-bond acceptors (Lipinski definition) is 3. The van der Waals surface area contributed by atoms with E-state index < -0.39 is 0 Å². The summed E-state index contributed by atoms with van der Waals surface area (Å²) in [7, 11) is 1.75. The van der Waals surface area contributed by atoms with Gasteiger partial charge >= 0.3 is 0 Å². The van der Waals surface area contributed by atoms with Gasteiger partial charge in [-0.25, -0.2) is 0 Å². The molecule has 0 radical (unpaired) electrons. The van der Waals surface area contributed by atoms with Gasteiger partial charge in [0, 0.05) is 24.6 Å². The molecule has 0 atom stereocenters. The summed E-state index contributed by atoms with van der Waals surface area (Å²) in [6.45, 7) is 1.06. The molecule has 0 aromatic carbocycles. The predicted octanol–water partition coefficient (Wildman–Crippen LogP) is 2.30. The van der Waals surface area contributed by atoms with Gasteiger partial charge in [0.2, 0.25) is 0 Å². The molecule has 1 rings (SSSR count). The van der Waals surface area contributed by atoms with Gasteiger partial charge in [0.15, 0.2) is 0 Å². The van der Waals surface area contributed by atoms with Crippen molar-refractivity contribution in [2.45, 2.75) is 0 Å². The molecule has 0 aliphatic heterocycles. The Morgan fingerprint density at radius 2 is 2.29 bits per heavy atom. The van der Waals surface area contributed by atoms with Crippen molar-refractivity contribution < 1.29 is 4.79 Å². The SMILES string of the molecule is CN(CCN)C(=O)c1cc(Br)c(Br)s1. The molecule has 14 heavy (non-hydrogen) atoms. The van der Waals surface area contributed by atoms with Crippen LogP contribution >= 0.6 is 43.2 Å². The number of nitrogens with two attached hydrogens (primary N) is 1. The molecule has 0 fully saturated rings. The van der Waals surface area contributed by atoms with Crippen molar-refractivity contribution in [1.82, 2.24) is 4.90 Å². The average Bonchev–Trinajstić information content (AvgIpc) is 2.46. The smallest absolute Gasteiger partial charge is 0.263 e. The summed E-state index contributed by atoms with van der Waals surface area (Å²) in [4.78, 5) is 14.1. The minimum Gasteiger partial charge on any atom is -0.340 e. The maximum Gasteiger partial charge on any atom is 0.263 e. The molecule has 1 aromatic heterocycles. The van der Waals surface area contributed by atoms with E-state index in [0.717, 1.165) is 8.26 Å². The van der Waals surface area contributed by atoms with Crippen molar-refractivity contribution >= 4 is 49.1 Å². The van der Waals surface area contributed by atoms with Crippen LogP contribution in [0.2, 0.25) is 0 Å². The molecule has 0 aliphatic rings. The highest BCUT2D eigenvalue weighted by Crippen LogP contribution is 2.32. The van der Waals surface area contributed by atoms with E-state index in [1.54, 1.807) is 11.9 Å². The number of carbonyl (C=O) groups is 1. The zero-order chi connectivity index (χ0) is 10.7. The van der Waals surface area contributed by atoms with Crippen molar-refractivity contribution in [2.24, 2.45) is 5.73 Å². The van der Waals surface area contributed by atoms with E-state index in [-0.39, 0.29) is 5.91 Å². The van der Waals surface area contributed by atoms with Crippen LogP contribution in [0.25, 0.3) is 0 Å². The first-order chi connectivity index (χ1) is 6.56. The van der Waals surface area contributed by atoms with Crippen LogP contribution in [-0.2, 0) is 0 Å². The van der Waals surface area contributed by atoms with E-state index in [0.29, 0.717) is 18.0 Å². The summed E-state index contributed by atoms with van der Waals surface area (Å²) in [6, 6.07) is 1.81. The Labute approximate surface area is 104 Å². The van der Waals surface area contributed by atoms with Crippen LogP contribution in [0.5, 0.6) is 0 Å². The topological polar surface area (TPSA) is 46.3 Å². The fourth-order valence-electron chi connectivity index (χ4n) is 0.935. The first-order valence-corrected chi connectivity index (χ1v) is 6.37. The molecular formula is C8H10Br2N2OS. The van der Waals surface area contributed by atoms with Gasteiger partial charge in [-0.3, -0.25) is 4.79 Å². The van der Waals surface area contributed by atoms with Gasteiger partial charge < -0.3 is 10.6 Å². The van der Waals surface area contributed by atoms with Crippen LogP contribution in [0.4, 0.5) is 0 Å². The lowest BCUT2D eigenvalue weighted by Crippen LogP contribution is -2.31. The van der Waals surface area contributed by atoms with Crippen LogP contribution < -0.4 is 5.73 Å². The Morgan fingerprint density at radius 1 is 1.64 bits per heavy atom. The number of thiophene rings is 1. The fourth-order valence-corrected chi connectivity index (χ4v) is 2.97. The number of rotatable bonds is 3. The lowest BCUT2D eigenvalue weighted by Gasteiger charge is -2.14. The predicted molar refractivity (Wildman–Crippen MR) is 65.7 cm³/mol. The Balaban J connectivity index is 2.79. The summed E-state index contributed by atoms with van der Waals surface area (Å²) < 4.78 is 1.84. The average molecular weight is 342 g/mol. The number of carbonyl (C=O) groups excluding carboxylic acids is 1. The van der Waals surface area contributed by atoms with Crippen LogP contribution in [0.1, 0.15) is 9.67 Å². The second-order valence-corrected chi connectivity index (χ2v) is 5.97. The zero-order valence-electron chi connectivity index (χ0n) is 7.59. The molecular weight excluding hydrogens is 332 g/mol. The Kier molecular flexibility index (Phi) is 4.56. The Hall–Kier alpha value is 0.0900. The highest BCUT2D eigenvalue weighted by Gasteiger charge is 2.15. The van der Waals surface area contributed by atoms with Crippen molar-refractivity contribution in [3.63, 3.8) is 0 Å². The minimum atomic E-state index is 0.00634. The van der Waals surface area contributed by atoms with Crippen LogP contribution in [0.15, 0.2) is 14.3 Å². The summed E-state index contributed by atoms with van der Waals surface area (Å²) in [5, 5.41) is 0. The number of likely N-dealkylation sites (N-methyl/N-ethyl adjacent to an activating group) is 1. The Morgan fingerprint density at radius 3 is 2.71 bits per heavy atom. The summed E-state index contributed by atoms with van der Waals surface area (Å²) in [5.41, 5.74) is 5.37. The molecule has 0 saturated heterocycles. The molecule has 0 bridgehead atoms. The van der Waals surface area contributed by atoms with Gasteiger partial charge in [0.05, 0.1) is 8.66 Å². The molecule has 3 nitrogen and oxygen atoms in total. The highest BCUT2D eigenvalue weighted by atomic mass is 79.9. The van der Waals surface area contributed by atoms with Gasteiger partial charge in [0.1, 0.15) is 0 Å². The molecule has 1 aromatic rings. The van der Waals surface area contributed by atoms with E-state index in [9.17, 15) is 4.79 Å². The summed E-state index contributed by atoms with van der Waals surface area (Å²) >= 11 is 8.10. The number of hydrogen-bond donors (Lipinski definition) is 1. The lowest BCUT2D eigenvalue weighted by molar-refractivity contribution is 0.0803.